The molecule has 16 heavy (non-hydrogen) atoms. The van der Waals surface area contributed by atoms with Crippen molar-refractivity contribution in [1.82, 2.24) is 0 Å². The third-order valence-electron chi connectivity index (χ3n) is 1.92. The molecular formula is C13H15NO2. The van der Waals surface area contributed by atoms with Crippen LogP contribution in [0.5, 0.6) is 5.75 Å². The molecule has 0 bridgehead atoms. The summed E-state index contributed by atoms with van der Waals surface area (Å²) in [5.41, 5.74) is 1.58. The highest BCUT2D eigenvalue weighted by atomic mass is 16.5. The van der Waals surface area contributed by atoms with Gasteiger partial charge in [-0.15, -0.1) is 0 Å². The molecule has 0 atom stereocenters. The van der Waals surface area contributed by atoms with E-state index in [0.717, 1.165) is 11.3 Å². The third-order valence-corrected chi connectivity index (χ3v) is 1.92. The Balaban J connectivity index is 2.64. The second-order valence-electron chi connectivity index (χ2n) is 3.24. The normalized spacial score (nSPS) is 11.7. The van der Waals surface area contributed by atoms with Crippen LogP contribution in [0.15, 0.2) is 48.2 Å². The maximum atomic E-state index is 8.46. The Labute approximate surface area is 95.4 Å². The Kier molecular flexibility index (Phi) is 4.86. The lowest BCUT2D eigenvalue weighted by atomic mass is 10.2. The molecule has 0 amide bonds. The minimum absolute atomic E-state index is 0.505. The van der Waals surface area contributed by atoms with E-state index in [-0.39, 0.29) is 0 Å². The second kappa shape index (κ2) is 6.45. The summed E-state index contributed by atoms with van der Waals surface area (Å²) in [7, 11) is 0. The predicted octanol–water partition coefficient (Wildman–Crippen LogP) is 3.11. The summed E-state index contributed by atoms with van der Waals surface area (Å²) in [5, 5.41) is 11.5. The lowest BCUT2D eigenvalue weighted by Crippen LogP contribution is -1.92. The summed E-state index contributed by atoms with van der Waals surface area (Å²) in [6, 6.07) is 7.63. The molecule has 0 saturated carbocycles. The fourth-order valence-electron chi connectivity index (χ4n) is 1.08. The van der Waals surface area contributed by atoms with Crippen molar-refractivity contribution in [3.05, 3.63) is 48.6 Å². The Hall–Kier alpha value is -2.03. The molecule has 1 rings (SSSR count). The molecule has 84 valence electrons. The molecule has 0 aromatic heterocycles. The maximum Gasteiger partial charge on any atom is 0.119 e. The zero-order chi connectivity index (χ0) is 11.8. The average molecular weight is 217 g/mol. The third kappa shape index (κ3) is 4.00. The number of hydrogen-bond donors (Lipinski definition) is 1. The summed E-state index contributed by atoms with van der Waals surface area (Å²) in [6.07, 6.45) is 5.31. The molecule has 0 saturated heterocycles. The molecule has 0 fully saturated rings. The molecule has 0 unspecified atom stereocenters. The predicted molar refractivity (Wildman–Crippen MR) is 66.1 cm³/mol. The first-order valence-electron chi connectivity index (χ1n) is 4.96. The molecule has 0 spiro atoms. The molecule has 0 aliphatic heterocycles. The van der Waals surface area contributed by atoms with Gasteiger partial charge in [0.1, 0.15) is 12.4 Å². The van der Waals surface area contributed by atoms with Gasteiger partial charge in [0, 0.05) is 0 Å². The highest BCUT2D eigenvalue weighted by Gasteiger charge is 1.92. The number of hydrogen-bond acceptors (Lipinski definition) is 3. The summed E-state index contributed by atoms with van der Waals surface area (Å²) in [6.45, 7) is 5.80. The largest absolute Gasteiger partial charge is 0.490 e. The molecule has 1 N–H and O–H groups in total. The highest BCUT2D eigenvalue weighted by molar-refractivity contribution is 5.95. The van der Waals surface area contributed by atoms with Crippen molar-refractivity contribution in [2.24, 2.45) is 5.16 Å². The van der Waals surface area contributed by atoms with Gasteiger partial charge in [0.2, 0.25) is 0 Å². The topological polar surface area (TPSA) is 41.8 Å². The Morgan fingerprint density at radius 1 is 1.44 bits per heavy atom. The SMILES string of the molecule is C=CCOc1ccc(C=CC(C)=NO)cc1. The lowest BCUT2D eigenvalue weighted by Gasteiger charge is -2.02. The van der Waals surface area contributed by atoms with Gasteiger partial charge in [0.05, 0.1) is 5.71 Å². The van der Waals surface area contributed by atoms with E-state index in [1.165, 1.54) is 0 Å². The highest BCUT2D eigenvalue weighted by Crippen LogP contribution is 2.13. The van der Waals surface area contributed by atoms with Crippen molar-refractivity contribution in [1.29, 1.82) is 0 Å². The van der Waals surface area contributed by atoms with Gasteiger partial charge in [-0.3, -0.25) is 0 Å². The quantitative estimate of drug-likeness (QED) is 0.356. The van der Waals surface area contributed by atoms with Crippen LogP contribution in [-0.4, -0.2) is 17.5 Å². The van der Waals surface area contributed by atoms with Gasteiger partial charge in [-0.2, -0.15) is 0 Å². The zero-order valence-corrected chi connectivity index (χ0v) is 9.26. The number of ether oxygens (including phenoxy) is 1. The van der Waals surface area contributed by atoms with Crippen molar-refractivity contribution in [2.45, 2.75) is 6.92 Å². The Morgan fingerprint density at radius 2 is 2.12 bits per heavy atom. The van der Waals surface area contributed by atoms with Crippen LogP contribution >= 0.6 is 0 Å². The first-order valence-corrected chi connectivity index (χ1v) is 4.96. The van der Waals surface area contributed by atoms with Crippen LogP contribution in [0.2, 0.25) is 0 Å². The van der Waals surface area contributed by atoms with Crippen molar-refractivity contribution in [2.75, 3.05) is 6.61 Å². The number of rotatable bonds is 5. The molecule has 0 heterocycles. The van der Waals surface area contributed by atoms with Crippen LogP contribution in [0, 0.1) is 0 Å². The van der Waals surface area contributed by atoms with Crippen LogP contribution in [0.1, 0.15) is 12.5 Å². The molecule has 0 aliphatic carbocycles. The summed E-state index contributed by atoms with van der Waals surface area (Å²) in [5.74, 6) is 0.810. The fourth-order valence-corrected chi connectivity index (χ4v) is 1.08. The van der Waals surface area contributed by atoms with Gasteiger partial charge in [0.25, 0.3) is 0 Å². The number of oxime groups is 1. The van der Waals surface area contributed by atoms with E-state index in [2.05, 4.69) is 11.7 Å². The summed E-state index contributed by atoms with van der Waals surface area (Å²) >= 11 is 0. The maximum absolute atomic E-state index is 8.46. The van der Waals surface area contributed by atoms with Crippen molar-refractivity contribution >= 4 is 11.8 Å². The van der Waals surface area contributed by atoms with E-state index >= 15 is 0 Å². The zero-order valence-electron chi connectivity index (χ0n) is 9.26. The van der Waals surface area contributed by atoms with E-state index in [1.807, 2.05) is 30.3 Å². The van der Waals surface area contributed by atoms with Crippen LogP contribution < -0.4 is 4.74 Å². The van der Waals surface area contributed by atoms with Crippen molar-refractivity contribution in [3.63, 3.8) is 0 Å². The lowest BCUT2D eigenvalue weighted by molar-refractivity contribution is 0.319. The van der Waals surface area contributed by atoms with E-state index in [4.69, 9.17) is 9.94 Å². The van der Waals surface area contributed by atoms with Crippen LogP contribution in [0.3, 0.4) is 0 Å². The monoisotopic (exact) mass is 217 g/mol. The Morgan fingerprint density at radius 3 is 2.69 bits per heavy atom. The molecule has 1 aromatic rings. The first kappa shape index (κ1) is 12.0. The molecule has 1 aromatic carbocycles. The van der Waals surface area contributed by atoms with E-state index in [1.54, 1.807) is 19.1 Å². The molecule has 3 heteroatoms. The van der Waals surface area contributed by atoms with Crippen LogP contribution in [-0.2, 0) is 0 Å². The van der Waals surface area contributed by atoms with Gasteiger partial charge in [-0.25, -0.2) is 0 Å². The second-order valence-corrected chi connectivity index (χ2v) is 3.24. The van der Waals surface area contributed by atoms with Gasteiger partial charge in [-0.05, 0) is 30.7 Å². The Bertz CT molecular complexity index is 391. The minimum Gasteiger partial charge on any atom is -0.490 e. The first-order chi connectivity index (χ1) is 7.76. The number of nitrogens with zero attached hydrogens (tertiary/aromatic N) is 1. The average Bonchev–Trinajstić information content (AvgIpc) is 2.34. The van der Waals surface area contributed by atoms with E-state index in [9.17, 15) is 0 Å². The molecular weight excluding hydrogens is 202 g/mol. The number of allylic oxidation sites excluding steroid dienone is 1. The van der Waals surface area contributed by atoms with Gasteiger partial charge in [-0.1, -0.05) is 36.0 Å². The summed E-state index contributed by atoms with van der Waals surface area (Å²) < 4.78 is 5.35. The minimum atomic E-state index is 0.505. The van der Waals surface area contributed by atoms with Crippen molar-refractivity contribution in [3.8, 4) is 5.75 Å². The van der Waals surface area contributed by atoms with Gasteiger partial charge < -0.3 is 9.94 Å². The van der Waals surface area contributed by atoms with Gasteiger partial charge >= 0.3 is 0 Å². The molecule has 3 nitrogen and oxygen atoms in total. The number of benzene rings is 1. The van der Waals surface area contributed by atoms with Crippen molar-refractivity contribution < 1.29 is 9.94 Å². The van der Waals surface area contributed by atoms with Crippen LogP contribution in [0.4, 0.5) is 0 Å². The van der Waals surface area contributed by atoms with E-state index < -0.39 is 0 Å². The molecule has 0 radical (unpaired) electrons. The molecule has 0 aliphatic rings. The van der Waals surface area contributed by atoms with Crippen LogP contribution in [0.25, 0.3) is 6.08 Å². The smallest absolute Gasteiger partial charge is 0.119 e. The van der Waals surface area contributed by atoms with E-state index in [0.29, 0.717) is 12.3 Å². The van der Waals surface area contributed by atoms with Gasteiger partial charge in [0.15, 0.2) is 0 Å². The standard InChI is InChI=1S/C13H15NO2/c1-3-10-16-13-8-6-12(7-9-13)5-4-11(2)14-15/h3-9,15H,1,10H2,2H3. The fraction of sp³-hybridized carbons (Fsp3) is 0.154. The summed E-state index contributed by atoms with van der Waals surface area (Å²) in [4.78, 5) is 0.